The number of likely N-dealkylation sites (tertiary alicyclic amines) is 1. The van der Waals surface area contributed by atoms with Gasteiger partial charge in [-0.15, -0.1) is 5.10 Å². The number of hydrogen-bond donors (Lipinski definition) is 2. The molecule has 3 heterocycles. The van der Waals surface area contributed by atoms with Gasteiger partial charge in [-0.1, -0.05) is 13.8 Å². The van der Waals surface area contributed by atoms with E-state index in [2.05, 4.69) is 39.6 Å². The van der Waals surface area contributed by atoms with Crippen LogP contribution in [0.25, 0.3) is 0 Å². The standard InChI is InChI=1S/C18H26N6O/c1-12(2)10-15-11-16(22-21-15)18(25)24-8-6-14(7-9-24)19-17-5-4-13(3)20-23-17/h4-5,11-12,14H,6-10H2,1-3H3,(H,19,23)(H,21,22). The van der Waals surface area contributed by atoms with Crippen LogP contribution < -0.4 is 5.32 Å². The van der Waals surface area contributed by atoms with Crippen molar-refractivity contribution in [1.82, 2.24) is 25.3 Å². The molecule has 0 unspecified atom stereocenters. The molecule has 0 spiro atoms. The summed E-state index contributed by atoms with van der Waals surface area (Å²) >= 11 is 0. The first-order valence-corrected chi connectivity index (χ1v) is 8.91. The first-order chi connectivity index (χ1) is 12.0. The maximum absolute atomic E-state index is 12.6. The van der Waals surface area contributed by atoms with Crippen molar-refractivity contribution in [3.63, 3.8) is 0 Å². The predicted molar refractivity (Wildman–Crippen MR) is 96.4 cm³/mol. The monoisotopic (exact) mass is 342 g/mol. The van der Waals surface area contributed by atoms with Crippen LogP contribution in [0.15, 0.2) is 18.2 Å². The highest BCUT2D eigenvalue weighted by molar-refractivity contribution is 5.92. The molecule has 134 valence electrons. The van der Waals surface area contributed by atoms with Crippen molar-refractivity contribution in [2.45, 2.75) is 46.1 Å². The third-order valence-corrected chi connectivity index (χ3v) is 4.41. The van der Waals surface area contributed by atoms with Crippen LogP contribution in [0.3, 0.4) is 0 Å². The second-order valence-corrected chi connectivity index (χ2v) is 7.15. The van der Waals surface area contributed by atoms with Crippen molar-refractivity contribution < 1.29 is 4.79 Å². The summed E-state index contributed by atoms with van der Waals surface area (Å²) in [6.07, 6.45) is 2.69. The average molecular weight is 342 g/mol. The van der Waals surface area contributed by atoms with Crippen LogP contribution in [0.4, 0.5) is 5.82 Å². The number of rotatable bonds is 5. The highest BCUT2D eigenvalue weighted by atomic mass is 16.2. The number of hydrogen-bond acceptors (Lipinski definition) is 5. The summed E-state index contributed by atoms with van der Waals surface area (Å²) in [5, 5.41) is 18.8. The third kappa shape index (κ3) is 4.55. The average Bonchev–Trinajstić information content (AvgIpc) is 3.05. The van der Waals surface area contributed by atoms with Gasteiger partial charge in [-0.05, 0) is 50.3 Å². The summed E-state index contributed by atoms with van der Waals surface area (Å²) in [6, 6.07) is 6.09. The topological polar surface area (TPSA) is 86.8 Å². The number of aromatic amines is 1. The van der Waals surface area contributed by atoms with Crippen molar-refractivity contribution in [2.24, 2.45) is 5.92 Å². The number of anilines is 1. The number of amides is 1. The fourth-order valence-corrected chi connectivity index (χ4v) is 3.09. The Morgan fingerprint density at radius 1 is 1.32 bits per heavy atom. The lowest BCUT2D eigenvalue weighted by molar-refractivity contribution is 0.0712. The molecule has 0 aromatic carbocycles. The molecular formula is C18H26N6O. The van der Waals surface area contributed by atoms with E-state index in [1.807, 2.05) is 30.0 Å². The maximum Gasteiger partial charge on any atom is 0.274 e. The van der Waals surface area contributed by atoms with E-state index in [0.717, 1.165) is 49.6 Å². The zero-order valence-corrected chi connectivity index (χ0v) is 15.1. The van der Waals surface area contributed by atoms with Gasteiger partial charge >= 0.3 is 0 Å². The Bertz CT molecular complexity index is 701. The van der Waals surface area contributed by atoms with Crippen LogP contribution in [0.1, 0.15) is 48.6 Å². The number of piperidine rings is 1. The van der Waals surface area contributed by atoms with E-state index < -0.39 is 0 Å². The summed E-state index contributed by atoms with van der Waals surface area (Å²) in [6.45, 7) is 7.67. The van der Waals surface area contributed by atoms with Crippen molar-refractivity contribution in [2.75, 3.05) is 18.4 Å². The minimum Gasteiger partial charge on any atom is -0.366 e. The molecule has 0 bridgehead atoms. The van der Waals surface area contributed by atoms with Crippen LogP contribution in [0, 0.1) is 12.8 Å². The van der Waals surface area contributed by atoms with Gasteiger partial charge in [0, 0.05) is 24.8 Å². The molecule has 7 nitrogen and oxygen atoms in total. The van der Waals surface area contributed by atoms with Crippen LogP contribution in [0.2, 0.25) is 0 Å². The van der Waals surface area contributed by atoms with Gasteiger partial charge < -0.3 is 10.2 Å². The molecule has 1 aliphatic heterocycles. The number of carbonyl (C=O) groups is 1. The van der Waals surface area contributed by atoms with Gasteiger partial charge in [0.15, 0.2) is 0 Å². The van der Waals surface area contributed by atoms with E-state index in [4.69, 9.17) is 0 Å². The predicted octanol–water partition coefficient (Wildman–Crippen LogP) is 2.42. The molecule has 1 aliphatic rings. The second kappa shape index (κ2) is 7.63. The van der Waals surface area contributed by atoms with E-state index in [1.54, 1.807) is 0 Å². The zero-order valence-electron chi connectivity index (χ0n) is 15.1. The van der Waals surface area contributed by atoms with Crippen molar-refractivity contribution in [1.29, 1.82) is 0 Å². The van der Waals surface area contributed by atoms with Gasteiger partial charge in [-0.2, -0.15) is 10.2 Å². The smallest absolute Gasteiger partial charge is 0.274 e. The zero-order chi connectivity index (χ0) is 17.8. The summed E-state index contributed by atoms with van der Waals surface area (Å²) in [5.74, 6) is 1.34. The van der Waals surface area contributed by atoms with E-state index >= 15 is 0 Å². The number of nitrogens with one attached hydrogen (secondary N) is 2. The molecule has 2 N–H and O–H groups in total. The molecule has 2 aromatic heterocycles. The minimum absolute atomic E-state index is 0.0137. The molecule has 0 atom stereocenters. The molecule has 25 heavy (non-hydrogen) atoms. The SMILES string of the molecule is Cc1ccc(NC2CCN(C(=O)c3cc(CC(C)C)[nH]n3)CC2)nn1. The molecule has 3 rings (SSSR count). The Balaban J connectivity index is 1.52. The first-order valence-electron chi connectivity index (χ1n) is 8.91. The lowest BCUT2D eigenvalue weighted by Gasteiger charge is -2.32. The van der Waals surface area contributed by atoms with Crippen molar-refractivity contribution >= 4 is 11.7 Å². The summed E-state index contributed by atoms with van der Waals surface area (Å²) < 4.78 is 0. The normalized spacial score (nSPS) is 15.6. The van der Waals surface area contributed by atoms with Crippen LogP contribution in [-0.2, 0) is 6.42 Å². The van der Waals surface area contributed by atoms with Gasteiger partial charge in [-0.3, -0.25) is 9.89 Å². The number of aromatic nitrogens is 4. The summed E-state index contributed by atoms with van der Waals surface area (Å²) in [5.41, 5.74) is 2.45. The molecule has 0 aliphatic carbocycles. The summed E-state index contributed by atoms with van der Waals surface area (Å²) in [7, 11) is 0. The number of H-pyrrole nitrogens is 1. The highest BCUT2D eigenvalue weighted by Gasteiger charge is 2.25. The maximum atomic E-state index is 12.6. The van der Waals surface area contributed by atoms with Gasteiger partial charge in [-0.25, -0.2) is 0 Å². The van der Waals surface area contributed by atoms with Gasteiger partial charge in [0.2, 0.25) is 0 Å². The molecule has 2 aromatic rings. The molecule has 1 amide bonds. The van der Waals surface area contributed by atoms with Crippen LogP contribution in [-0.4, -0.2) is 50.3 Å². The number of carbonyl (C=O) groups excluding carboxylic acids is 1. The van der Waals surface area contributed by atoms with Gasteiger partial charge in [0.05, 0.1) is 5.69 Å². The highest BCUT2D eigenvalue weighted by Crippen LogP contribution is 2.17. The largest absolute Gasteiger partial charge is 0.366 e. The van der Waals surface area contributed by atoms with E-state index in [1.165, 1.54) is 0 Å². The first kappa shape index (κ1) is 17.4. The molecule has 1 fully saturated rings. The quantitative estimate of drug-likeness (QED) is 0.871. The Kier molecular flexibility index (Phi) is 5.31. The van der Waals surface area contributed by atoms with Gasteiger partial charge in [0.1, 0.15) is 11.5 Å². The van der Waals surface area contributed by atoms with Crippen LogP contribution >= 0.6 is 0 Å². The van der Waals surface area contributed by atoms with E-state index in [0.29, 0.717) is 17.7 Å². The second-order valence-electron chi connectivity index (χ2n) is 7.15. The Morgan fingerprint density at radius 3 is 2.72 bits per heavy atom. The van der Waals surface area contributed by atoms with Crippen LogP contribution in [0.5, 0.6) is 0 Å². The van der Waals surface area contributed by atoms with Gasteiger partial charge in [0.25, 0.3) is 5.91 Å². The van der Waals surface area contributed by atoms with Crippen molar-refractivity contribution in [3.05, 3.63) is 35.3 Å². The summed E-state index contributed by atoms with van der Waals surface area (Å²) in [4.78, 5) is 14.5. The van der Waals surface area contributed by atoms with E-state index in [-0.39, 0.29) is 5.91 Å². The third-order valence-electron chi connectivity index (χ3n) is 4.41. The Labute approximate surface area is 148 Å². The molecular weight excluding hydrogens is 316 g/mol. The van der Waals surface area contributed by atoms with Crippen molar-refractivity contribution in [3.8, 4) is 0 Å². The minimum atomic E-state index is 0.0137. The Hall–Kier alpha value is -2.44. The molecule has 7 heteroatoms. The number of nitrogens with zero attached hydrogens (tertiary/aromatic N) is 4. The number of aryl methyl sites for hydroxylation is 1. The lowest BCUT2D eigenvalue weighted by Crippen LogP contribution is -2.42. The molecule has 1 saturated heterocycles. The fourth-order valence-electron chi connectivity index (χ4n) is 3.09. The molecule has 0 saturated carbocycles. The lowest BCUT2D eigenvalue weighted by atomic mass is 10.0. The molecule has 0 radical (unpaired) electrons. The Morgan fingerprint density at radius 2 is 2.08 bits per heavy atom. The van der Waals surface area contributed by atoms with E-state index in [9.17, 15) is 4.79 Å². The fraction of sp³-hybridized carbons (Fsp3) is 0.556.